The zero-order valence-electron chi connectivity index (χ0n) is 16.1. The lowest BCUT2D eigenvalue weighted by molar-refractivity contribution is -0.915. The van der Waals surface area contributed by atoms with E-state index in [1.54, 1.807) is 0 Å². The summed E-state index contributed by atoms with van der Waals surface area (Å²) in [6.07, 6.45) is 0. The van der Waals surface area contributed by atoms with Crippen LogP contribution in [0.4, 0.5) is 5.69 Å². The first-order valence-electron chi connectivity index (χ1n) is 9.50. The normalized spacial score (nSPS) is 16.3. The molecule has 0 spiro atoms. The van der Waals surface area contributed by atoms with E-state index < -0.39 is 0 Å². The van der Waals surface area contributed by atoms with Crippen LogP contribution in [0.25, 0.3) is 0 Å². The molecule has 0 unspecified atom stereocenters. The Morgan fingerprint density at radius 3 is 2.35 bits per heavy atom. The van der Waals surface area contributed by atoms with E-state index in [9.17, 15) is 4.79 Å². The molecule has 2 aromatic carbocycles. The molecule has 4 nitrogen and oxygen atoms in total. The summed E-state index contributed by atoms with van der Waals surface area (Å²) in [7, 11) is 1.91. The Bertz CT molecular complexity index is 723. The maximum Gasteiger partial charge on any atom is 0.280 e. The van der Waals surface area contributed by atoms with E-state index in [1.807, 2.05) is 30.1 Å². The number of aryl methyl sites for hydroxylation is 1. The first-order valence-corrected chi connectivity index (χ1v) is 9.50. The van der Waals surface area contributed by atoms with Gasteiger partial charge in [0, 0.05) is 19.3 Å². The summed E-state index contributed by atoms with van der Waals surface area (Å²) < 4.78 is 0. The second-order valence-corrected chi connectivity index (χ2v) is 7.33. The van der Waals surface area contributed by atoms with Crippen LogP contribution in [0.3, 0.4) is 0 Å². The largest absolute Gasteiger partial charge is 0.360 e. The highest BCUT2D eigenvalue weighted by Crippen LogP contribution is 2.18. The number of amides is 1. The number of carbonyl (C=O) groups excluding carboxylic acids is 1. The summed E-state index contributed by atoms with van der Waals surface area (Å²) in [6.45, 7) is 8.91. The molecule has 1 fully saturated rings. The minimum atomic E-state index is 0.00253. The van der Waals surface area contributed by atoms with Gasteiger partial charge in [-0.3, -0.25) is 4.79 Å². The van der Waals surface area contributed by atoms with Gasteiger partial charge in [0.1, 0.15) is 0 Å². The molecular weight excluding hydrogens is 322 g/mol. The topological polar surface area (TPSA) is 28.0 Å². The van der Waals surface area contributed by atoms with Crippen LogP contribution in [0.2, 0.25) is 0 Å². The molecule has 0 bridgehead atoms. The highest BCUT2D eigenvalue weighted by molar-refractivity contribution is 5.79. The van der Waals surface area contributed by atoms with Crippen molar-refractivity contribution in [3.05, 3.63) is 65.7 Å². The van der Waals surface area contributed by atoms with Crippen LogP contribution >= 0.6 is 0 Å². The molecule has 1 atom stereocenters. The Labute approximate surface area is 157 Å². The molecule has 4 heteroatoms. The quantitative estimate of drug-likeness (QED) is 0.888. The number of quaternary nitrogens is 1. The molecule has 1 saturated heterocycles. The molecule has 3 rings (SSSR count). The van der Waals surface area contributed by atoms with E-state index in [0.29, 0.717) is 6.54 Å². The number of para-hydroxylation sites is 1. The molecule has 2 aromatic rings. The van der Waals surface area contributed by atoms with Crippen molar-refractivity contribution in [1.82, 2.24) is 4.90 Å². The van der Waals surface area contributed by atoms with Gasteiger partial charge in [-0.2, -0.15) is 0 Å². The van der Waals surface area contributed by atoms with Gasteiger partial charge in [-0.15, -0.1) is 0 Å². The van der Waals surface area contributed by atoms with E-state index in [-0.39, 0.29) is 11.9 Å². The Morgan fingerprint density at radius 1 is 1.08 bits per heavy atom. The van der Waals surface area contributed by atoms with Gasteiger partial charge in [-0.25, -0.2) is 0 Å². The minimum absolute atomic E-state index is 0.00253. The van der Waals surface area contributed by atoms with Crippen molar-refractivity contribution in [1.29, 1.82) is 0 Å². The second kappa shape index (κ2) is 8.37. The van der Waals surface area contributed by atoms with Gasteiger partial charge in [0.05, 0.1) is 26.2 Å². The Balaban J connectivity index is 1.55. The molecule has 138 valence electrons. The summed E-state index contributed by atoms with van der Waals surface area (Å²) in [5.41, 5.74) is 3.82. The number of anilines is 1. The molecule has 1 aliphatic heterocycles. The van der Waals surface area contributed by atoms with Crippen LogP contribution < -0.4 is 9.80 Å². The smallest absolute Gasteiger partial charge is 0.280 e. The molecule has 26 heavy (non-hydrogen) atoms. The molecule has 1 heterocycles. The predicted molar refractivity (Wildman–Crippen MR) is 106 cm³/mol. The molecule has 1 N–H and O–H groups in total. The number of hydrogen-bond acceptors (Lipinski definition) is 2. The minimum Gasteiger partial charge on any atom is -0.360 e. The van der Waals surface area contributed by atoms with Crippen molar-refractivity contribution in [2.45, 2.75) is 26.4 Å². The van der Waals surface area contributed by atoms with E-state index in [2.05, 4.69) is 55.1 Å². The third-order valence-electron chi connectivity index (χ3n) is 5.48. The maximum absolute atomic E-state index is 12.8. The number of likely N-dealkylation sites (N-methyl/N-ethyl adjacent to an activating group) is 1. The molecule has 0 aliphatic carbocycles. The fourth-order valence-electron chi connectivity index (χ4n) is 3.83. The van der Waals surface area contributed by atoms with Gasteiger partial charge < -0.3 is 14.7 Å². The van der Waals surface area contributed by atoms with Crippen molar-refractivity contribution < 1.29 is 9.69 Å². The van der Waals surface area contributed by atoms with Gasteiger partial charge >= 0.3 is 0 Å². The van der Waals surface area contributed by atoms with Crippen molar-refractivity contribution >= 4 is 11.6 Å². The summed E-state index contributed by atoms with van der Waals surface area (Å²) >= 11 is 0. The van der Waals surface area contributed by atoms with Crippen LogP contribution in [-0.2, 0) is 11.3 Å². The zero-order chi connectivity index (χ0) is 18.5. The van der Waals surface area contributed by atoms with Gasteiger partial charge in [-0.1, -0.05) is 48.5 Å². The molecule has 0 aromatic heterocycles. The predicted octanol–water partition coefficient (Wildman–Crippen LogP) is 1.75. The summed E-state index contributed by atoms with van der Waals surface area (Å²) in [5.74, 6) is 0.230. The third-order valence-corrected chi connectivity index (χ3v) is 5.48. The van der Waals surface area contributed by atoms with Crippen molar-refractivity contribution in [2.75, 3.05) is 38.1 Å². The fraction of sp³-hybridized carbons (Fsp3) is 0.409. The molecule has 0 radical (unpaired) electrons. The first-order chi connectivity index (χ1) is 12.6. The number of benzene rings is 2. The summed E-state index contributed by atoms with van der Waals surface area (Å²) in [4.78, 5) is 18.5. The first kappa shape index (κ1) is 18.5. The molecular formula is C22H30N3O+. The number of rotatable bonds is 5. The van der Waals surface area contributed by atoms with Gasteiger partial charge in [-0.05, 0) is 31.0 Å². The monoisotopic (exact) mass is 352 g/mol. The SMILES string of the molecule is Cc1ccccc1N1CC[NH+]([C@H](C)C(=O)N(C)Cc2ccccc2)CC1. The number of nitrogens with zero attached hydrogens (tertiary/aromatic N) is 2. The lowest BCUT2D eigenvalue weighted by atomic mass is 10.1. The van der Waals surface area contributed by atoms with Crippen molar-refractivity contribution in [3.63, 3.8) is 0 Å². The van der Waals surface area contributed by atoms with Crippen LogP contribution in [0.1, 0.15) is 18.1 Å². The van der Waals surface area contributed by atoms with E-state index in [1.165, 1.54) is 21.7 Å². The Morgan fingerprint density at radius 2 is 1.69 bits per heavy atom. The molecule has 0 saturated carbocycles. The second-order valence-electron chi connectivity index (χ2n) is 7.33. The standard InChI is InChI=1S/C22H29N3O/c1-18-9-7-8-12-21(18)25-15-13-24(14-16-25)19(2)22(26)23(3)17-20-10-5-4-6-11-20/h4-12,19H,13-17H2,1-3H3/p+1/t19-/m1/s1. The van der Waals surface area contributed by atoms with Gasteiger partial charge in [0.15, 0.2) is 6.04 Å². The average molecular weight is 353 g/mol. The third kappa shape index (κ3) is 4.25. The highest BCUT2D eigenvalue weighted by Gasteiger charge is 2.31. The van der Waals surface area contributed by atoms with Crippen molar-refractivity contribution in [2.24, 2.45) is 0 Å². The van der Waals surface area contributed by atoms with Crippen LogP contribution in [0, 0.1) is 6.92 Å². The lowest BCUT2D eigenvalue weighted by Crippen LogP contribution is -3.19. The highest BCUT2D eigenvalue weighted by atomic mass is 16.2. The Hall–Kier alpha value is -2.33. The van der Waals surface area contributed by atoms with Crippen LogP contribution in [0.15, 0.2) is 54.6 Å². The van der Waals surface area contributed by atoms with E-state index >= 15 is 0 Å². The lowest BCUT2D eigenvalue weighted by Gasteiger charge is -2.37. The number of hydrogen-bond donors (Lipinski definition) is 1. The van der Waals surface area contributed by atoms with Crippen LogP contribution in [0.5, 0.6) is 0 Å². The van der Waals surface area contributed by atoms with Crippen LogP contribution in [-0.4, -0.2) is 50.1 Å². The fourth-order valence-corrected chi connectivity index (χ4v) is 3.83. The molecule has 1 amide bonds. The van der Waals surface area contributed by atoms with Gasteiger partial charge in [0.2, 0.25) is 0 Å². The number of carbonyl (C=O) groups is 1. The number of piperazine rings is 1. The molecule has 1 aliphatic rings. The maximum atomic E-state index is 12.8. The zero-order valence-corrected chi connectivity index (χ0v) is 16.1. The average Bonchev–Trinajstić information content (AvgIpc) is 2.68. The van der Waals surface area contributed by atoms with E-state index in [4.69, 9.17) is 0 Å². The van der Waals surface area contributed by atoms with Gasteiger partial charge in [0.25, 0.3) is 5.91 Å². The summed E-state index contributed by atoms with van der Waals surface area (Å²) in [5, 5.41) is 0. The van der Waals surface area contributed by atoms with Crippen molar-refractivity contribution in [3.8, 4) is 0 Å². The Kier molecular flexibility index (Phi) is 5.94. The number of nitrogens with one attached hydrogen (secondary N) is 1. The summed E-state index contributed by atoms with van der Waals surface area (Å²) in [6, 6.07) is 18.7. The van der Waals surface area contributed by atoms with E-state index in [0.717, 1.165) is 26.2 Å².